The van der Waals surface area contributed by atoms with Crippen molar-refractivity contribution in [3.63, 3.8) is 0 Å². The zero-order valence-electron chi connectivity index (χ0n) is 14.9. The lowest BCUT2D eigenvalue weighted by atomic mass is 10.1. The highest BCUT2D eigenvalue weighted by atomic mass is 32.2. The maximum atomic E-state index is 12.4. The molecule has 2 rings (SSSR count). The summed E-state index contributed by atoms with van der Waals surface area (Å²) in [6.45, 7) is 6.25. The van der Waals surface area contributed by atoms with E-state index in [1.807, 2.05) is 25.1 Å². The topological polar surface area (TPSA) is 73.8 Å². The van der Waals surface area contributed by atoms with Crippen LogP contribution in [0.15, 0.2) is 35.3 Å². The van der Waals surface area contributed by atoms with Crippen molar-refractivity contribution in [2.45, 2.75) is 19.9 Å². The SMILES string of the molecule is CCNC(=NCCS(=O)(=O)N1CCSCC1)NC(C)c1ccccc1. The number of thioether (sulfide) groups is 1. The Morgan fingerprint density at radius 2 is 1.96 bits per heavy atom. The van der Waals surface area contributed by atoms with Crippen LogP contribution in [0.25, 0.3) is 0 Å². The standard InChI is InChI=1S/C17H28N4O2S2/c1-3-18-17(20-15(2)16-7-5-4-6-8-16)19-9-14-25(22,23)21-10-12-24-13-11-21/h4-8,15H,3,9-14H2,1-2H3,(H2,18,19,20). The van der Waals surface area contributed by atoms with Crippen molar-refractivity contribution in [3.05, 3.63) is 35.9 Å². The molecule has 1 aliphatic heterocycles. The van der Waals surface area contributed by atoms with Crippen LogP contribution in [0.2, 0.25) is 0 Å². The average Bonchev–Trinajstić information content (AvgIpc) is 2.63. The summed E-state index contributed by atoms with van der Waals surface area (Å²) in [5.74, 6) is 2.44. The molecule has 1 heterocycles. The first kappa shape index (κ1) is 20.1. The Kier molecular flexibility index (Phi) is 8.05. The van der Waals surface area contributed by atoms with Crippen molar-refractivity contribution in [3.8, 4) is 0 Å². The summed E-state index contributed by atoms with van der Waals surface area (Å²) in [4.78, 5) is 4.44. The van der Waals surface area contributed by atoms with E-state index in [1.165, 1.54) is 0 Å². The third-order valence-corrected chi connectivity index (χ3v) is 6.77. The number of nitrogens with zero attached hydrogens (tertiary/aromatic N) is 2. The highest BCUT2D eigenvalue weighted by molar-refractivity contribution is 7.99. The minimum absolute atomic E-state index is 0.0496. The first-order chi connectivity index (χ1) is 12.0. The molecule has 6 nitrogen and oxygen atoms in total. The monoisotopic (exact) mass is 384 g/mol. The minimum atomic E-state index is -3.22. The molecule has 1 unspecified atom stereocenters. The summed E-state index contributed by atoms with van der Waals surface area (Å²) in [6.07, 6.45) is 0. The Morgan fingerprint density at radius 3 is 2.60 bits per heavy atom. The molecule has 1 aromatic carbocycles. The summed E-state index contributed by atoms with van der Waals surface area (Å²) in [5.41, 5.74) is 1.16. The number of guanidine groups is 1. The van der Waals surface area contributed by atoms with Crippen molar-refractivity contribution in [2.24, 2.45) is 4.99 Å². The molecular formula is C17H28N4O2S2. The molecule has 2 N–H and O–H groups in total. The molecule has 1 fully saturated rings. The molecule has 0 amide bonds. The Morgan fingerprint density at radius 1 is 1.28 bits per heavy atom. The molecule has 25 heavy (non-hydrogen) atoms. The zero-order chi connectivity index (χ0) is 18.1. The molecule has 1 aromatic rings. The normalized spacial score (nSPS) is 17.9. The van der Waals surface area contributed by atoms with Crippen LogP contribution in [-0.2, 0) is 10.0 Å². The van der Waals surface area contributed by atoms with Crippen LogP contribution in [0.3, 0.4) is 0 Å². The van der Waals surface area contributed by atoms with Crippen molar-refractivity contribution >= 4 is 27.7 Å². The quantitative estimate of drug-likeness (QED) is 0.553. The van der Waals surface area contributed by atoms with Crippen LogP contribution in [0.5, 0.6) is 0 Å². The van der Waals surface area contributed by atoms with Crippen LogP contribution in [0, 0.1) is 0 Å². The summed E-state index contributed by atoms with van der Waals surface area (Å²) < 4.78 is 26.3. The van der Waals surface area contributed by atoms with Crippen LogP contribution < -0.4 is 10.6 Å². The van der Waals surface area contributed by atoms with Gasteiger partial charge in [-0.3, -0.25) is 4.99 Å². The van der Waals surface area contributed by atoms with Crippen molar-refractivity contribution in [1.82, 2.24) is 14.9 Å². The van der Waals surface area contributed by atoms with Gasteiger partial charge in [0.25, 0.3) is 0 Å². The molecule has 1 saturated heterocycles. The van der Waals surface area contributed by atoms with Gasteiger partial charge in [0.05, 0.1) is 18.3 Å². The maximum Gasteiger partial charge on any atom is 0.215 e. The highest BCUT2D eigenvalue weighted by Crippen LogP contribution is 2.13. The first-order valence-electron chi connectivity index (χ1n) is 8.68. The van der Waals surface area contributed by atoms with E-state index < -0.39 is 10.0 Å². The zero-order valence-corrected chi connectivity index (χ0v) is 16.6. The van der Waals surface area contributed by atoms with Gasteiger partial charge in [0.15, 0.2) is 5.96 Å². The van der Waals surface area contributed by atoms with E-state index >= 15 is 0 Å². The first-order valence-corrected chi connectivity index (χ1v) is 11.4. The predicted octanol–water partition coefficient (Wildman–Crippen LogP) is 1.68. The van der Waals surface area contributed by atoms with E-state index in [-0.39, 0.29) is 18.3 Å². The van der Waals surface area contributed by atoms with Gasteiger partial charge in [0, 0.05) is 31.1 Å². The Labute approximate surface area is 155 Å². The molecule has 0 saturated carbocycles. The van der Waals surface area contributed by atoms with E-state index in [9.17, 15) is 8.42 Å². The highest BCUT2D eigenvalue weighted by Gasteiger charge is 2.23. The largest absolute Gasteiger partial charge is 0.357 e. The fourth-order valence-corrected chi connectivity index (χ4v) is 5.03. The van der Waals surface area contributed by atoms with E-state index in [1.54, 1.807) is 16.1 Å². The van der Waals surface area contributed by atoms with E-state index in [2.05, 4.69) is 34.7 Å². The van der Waals surface area contributed by atoms with Gasteiger partial charge in [-0.15, -0.1) is 0 Å². The number of benzene rings is 1. The summed E-state index contributed by atoms with van der Waals surface area (Å²) in [7, 11) is -3.22. The van der Waals surface area contributed by atoms with Gasteiger partial charge in [-0.05, 0) is 19.4 Å². The number of hydrogen-bond acceptors (Lipinski definition) is 4. The third-order valence-electron chi connectivity index (χ3n) is 3.98. The van der Waals surface area contributed by atoms with Crippen molar-refractivity contribution in [1.29, 1.82) is 0 Å². The average molecular weight is 385 g/mol. The molecule has 0 aliphatic carbocycles. The second-order valence-corrected chi connectivity index (χ2v) is 9.18. The summed E-state index contributed by atoms with van der Waals surface area (Å²) in [5, 5.41) is 6.50. The van der Waals surface area contributed by atoms with Gasteiger partial charge in [0.2, 0.25) is 10.0 Å². The third kappa shape index (κ3) is 6.52. The lowest BCUT2D eigenvalue weighted by Gasteiger charge is -2.25. The molecule has 1 atom stereocenters. The fourth-order valence-electron chi connectivity index (χ4n) is 2.58. The lowest BCUT2D eigenvalue weighted by molar-refractivity contribution is 0.444. The van der Waals surface area contributed by atoms with Gasteiger partial charge in [-0.25, -0.2) is 12.7 Å². The van der Waals surface area contributed by atoms with E-state index in [0.29, 0.717) is 19.0 Å². The van der Waals surface area contributed by atoms with Crippen molar-refractivity contribution in [2.75, 3.05) is 43.4 Å². The van der Waals surface area contributed by atoms with Crippen LogP contribution in [0.4, 0.5) is 0 Å². The van der Waals surface area contributed by atoms with E-state index in [0.717, 1.165) is 23.6 Å². The number of rotatable bonds is 7. The molecule has 0 aromatic heterocycles. The lowest BCUT2D eigenvalue weighted by Crippen LogP contribution is -2.41. The molecule has 0 spiro atoms. The van der Waals surface area contributed by atoms with Crippen LogP contribution >= 0.6 is 11.8 Å². The number of hydrogen-bond donors (Lipinski definition) is 2. The Balaban J connectivity index is 1.92. The molecule has 8 heteroatoms. The van der Waals surface area contributed by atoms with Crippen LogP contribution in [0.1, 0.15) is 25.5 Å². The molecule has 0 bridgehead atoms. The van der Waals surface area contributed by atoms with Gasteiger partial charge < -0.3 is 10.6 Å². The van der Waals surface area contributed by atoms with E-state index in [4.69, 9.17) is 0 Å². The molecule has 140 valence electrons. The smallest absolute Gasteiger partial charge is 0.215 e. The van der Waals surface area contributed by atoms with Gasteiger partial charge in [-0.2, -0.15) is 11.8 Å². The minimum Gasteiger partial charge on any atom is -0.357 e. The second kappa shape index (κ2) is 10.0. The number of sulfonamides is 1. The Bertz CT molecular complexity index is 644. The summed E-state index contributed by atoms with van der Waals surface area (Å²) in [6, 6.07) is 10.2. The fraction of sp³-hybridized carbons (Fsp3) is 0.588. The predicted molar refractivity (Wildman–Crippen MR) is 107 cm³/mol. The van der Waals surface area contributed by atoms with Crippen molar-refractivity contribution < 1.29 is 8.42 Å². The Hall–Kier alpha value is -1.25. The molecule has 0 radical (unpaired) electrons. The number of aliphatic imine (C=N–C) groups is 1. The maximum absolute atomic E-state index is 12.4. The van der Waals surface area contributed by atoms with Gasteiger partial charge in [0.1, 0.15) is 0 Å². The molecular weight excluding hydrogens is 356 g/mol. The second-order valence-electron chi connectivity index (χ2n) is 5.86. The van der Waals surface area contributed by atoms with Gasteiger partial charge in [-0.1, -0.05) is 30.3 Å². The number of nitrogens with one attached hydrogen (secondary N) is 2. The molecule has 1 aliphatic rings. The van der Waals surface area contributed by atoms with Gasteiger partial charge >= 0.3 is 0 Å². The van der Waals surface area contributed by atoms with Crippen LogP contribution in [-0.4, -0.2) is 62.1 Å². The summed E-state index contributed by atoms with van der Waals surface area (Å²) >= 11 is 1.80.